The van der Waals surface area contributed by atoms with Crippen molar-refractivity contribution < 1.29 is 27.0 Å². The maximum absolute atomic E-state index is 14.0. The third-order valence-electron chi connectivity index (χ3n) is 3.79. The number of halogens is 4. The first kappa shape index (κ1) is 15.6. The minimum atomic E-state index is -4.95. The summed E-state index contributed by atoms with van der Waals surface area (Å²) in [6, 6.07) is 10.3. The average Bonchev–Trinajstić information content (AvgIpc) is 2.48. The van der Waals surface area contributed by atoms with Gasteiger partial charge in [0.1, 0.15) is 5.75 Å². The molecule has 0 spiro atoms. The van der Waals surface area contributed by atoms with Crippen LogP contribution in [0.5, 0.6) is 11.5 Å². The lowest BCUT2D eigenvalue weighted by atomic mass is 9.79. The van der Waals surface area contributed by atoms with Crippen LogP contribution in [0, 0.1) is 5.82 Å². The van der Waals surface area contributed by atoms with Gasteiger partial charge in [0, 0.05) is 12.0 Å². The Hall–Kier alpha value is -2.28. The van der Waals surface area contributed by atoms with Crippen molar-refractivity contribution in [1.29, 1.82) is 0 Å². The molecule has 2 N–H and O–H groups in total. The average molecular weight is 327 g/mol. The third-order valence-corrected chi connectivity index (χ3v) is 3.79. The zero-order valence-corrected chi connectivity index (χ0v) is 11.9. The first-order chi connectivity index (χ1) is 10.8. The predicted octanol–water partition coefficient (Wildman–Crippen LogP) is 3.71. The van der Waals surface area contributed by atoms with Gasteiger partial charge < -0.3 is 15.2 Å². The van der Waals surface area contributed by atoms with Crippen molar-refractivity contribution in [3.05, 3.63) is 59.4 Å². The molecule has 3 nitrogen and oxygen atoms in total. The second kappa shape index (κ2) is 5.42. The van der Waals surface area contributed by atoms with Crippen LogP contribution in [0.4, 0.5) is 17.6 Å². The topological polar surface area (TPSA) is 44.5 Å². The number of alkyl halides is 3. The van der Waals surface area contributed by atoms with Crippen LogP contribution in [-0.2, 0) is 5.54 Å². The van der Waals surface area contributed by atoms with Gasteiger partial charge in [0.15, 0.2) is 11.6 Å². The molecule has 0 aliphatic carbocycles. The van der Waals surface area contributed by atoms with E-state index in [1.165, 1.54) is 6.07 Å². The van der Waals surface area contributed by atoms with Crippen molar-refractivity contribution in [3.8, 4) is 11.5 Å². The largest absolute Gasteiger partial charge is 0.573 e. The molecule has 0 fully saturated rings. The van der Waals surface area contributed by atoms with Gasteiger partial charge in [-0.25, -0.2) is 4.39 Å². The molecule has 3 rings (SSSR count). The van der Waals surface area contributed by atoms with Gasteiger partial charge in [-0.3, -0.25) is 0 Å². The lowest BCUT2D eigenvalue weighted by Gasteiger charge is -2.36. The maximum atomic E-state index is 14.0. The zero-order valence-electron chi connectivity index (χ0n) is 11.9. The van der Waals surface area contributed by atoms with Crippen LogP contribution >= 0.6 is 0 Å². The molecule has 2 aromatic rings. The van der Waals surface area contributed by atoms with E-state index in [1.807, 2.05) is 0 Å². The molecule has 0 amide bonds. The second-order valence-corrected chi connectivity index (χ2v) is 5.26. The number of benzene rings is 2. The van der Waals surface area contributed by atoms with Crippen molar-refractivity contribution in [2.75, 3.05) is 6.61 Å². The minimum Gasteiger partial charge on any atom is -0.493 e. The van der Waals surface area contributed by atoms with Crippen LogP contribution in [0.15, 0.2) is 42.5 Å². The van der Waals surface area contributed by atoms with Crippen molar-refractivity contribution >= 4 is 0 Å². The van der Waals surface area contributed by atoms with Crippen LogP contribution in [0.3, 0.4) is 0 Å². The number of fused-ring (bicyclic) bond motifs is 1. The van der Waals surface area contributed by atoms with Gasteiger partial charge in [-0.05, 0) is 23.8 Å². The van der Waals surface area contributed by atoms with Crippen molar-refractivity contribution in [2.24, 2.45) is 5.73 Å². The quantitative estimate of drug-likeness (QED) is 0.855. The predicted molar refractivity (Wildman–Crippen MR) is 74.6 cm³/mol. The van der Waals surface area contributed by atoms with E-state index in [0.717, 1.165) is 12.1 Å². The van der Waals surface area contributed by atoms with Crippen LogP contribution in [0.2, 0.25) is 0 Å². The lowest BCUT2D eigenvalue weighted by molar-refractivity contribution is -0.275. The third kappa shape index (κ3) is 2.96. The Morgan fingerprint density at radius 1 is 1.13 bits per heavy atom. The Bertz CT molecular complexity index is 732. The molecule has 7 heteroatoms. The summed E-state index contributed by atoms with van der Waals surface area (Å²) in [5, 5.41) is 0. The molecule has 2 aromatic carbocycles. The number of para-hydroxylation sites is 1. The number of rotatable bonds is 2. The fourth-order valence-corrected chi connectivity index (χ4v) is 2.70. The Morgan fingerprint density at radius 2 is 1.87 bits per heavy atom. The summed E-state index contributed by atoms with van der Waals surface area (Å²) >= 11 is 0. The number of nitrogens with two attached hydrogens (primary N) is 1. The molecule has 1 heterocycles. The fourth-order valence-electron chi connectivity index (χ4n) is 2.70. The molecule has 0 saturated heterocycles. The highest BCUT2D eigenvalue weighted by molar-refractivity contribution is 5.48. The molecular weight excluding hydrogens is 314 g/mol. The van der Waals surface area contributed by atoms with Gasteiger partial charge in [-0.2, -0.15) is 0 Å². The molecule has 0 bridgehead atoms. The van der Waals surface area contributed by atoms with E-state index in [2.05, 4.69) is 4.74 Å². The molecule has 1 aliphatic heterocycles. The Balaban J connectivity index is 2.01. The normalized spacial score (nSPS) is 20.6. The summed E-state index contributed by atoms with van der Waals surface area (Å²) in [6.07, 6.45) is -4.57. The smallest absolute Gasteiger partial charge is 0.493 e. The summed E-state index contributed by atoms with van der Waals surface area (Å²) in [5.74, 6) is -1.42. The zero-order chi connectivity index (χ0) is 16.7. The first-order valence-corrected chi connectivity index (χ1v) is 6.86. The van der Waals surface area contributed by atoms with E-state index in [0.29, 0.717) is 29.9 Å². The number of hydrogen-bond acceptors (Lipinski definition) is 3. The molecule has 23 heavy (non-hydrogen) atoms. The van der Waals surface area contributed by atoms with Crippen LogP contribution < -0.4 is 15.2 Å². The molecule has 1 unspecified atom stereocenters. The van der Waals surface area contributed by atoms with E-state index in [9.17, 15) is 17.6 Å². The van der Waals surface area contributed by atoms with Gasteiger partial charge in [-0.1, -0.05) is 24.3 Å². The van der Waals surface area contributed by atoms with Crippen molar-refractivity contribution in [3.63, 3.8) is 0 Å². The standard InChI is InChI=1S/C16H13F4NO2/c17-12-9-10(5-6-14(12)23-16(18,19)20)15(21)7-8-22-13-4-2-1-3-11(13)15/h1-6,9H,7-8,21H2. The summed E-state index contributed by atoms with van der Waals surface area (Å²) in [4.78, 5) is 0. The summed E-state index contributed by atoms with van der Waals surface area (Å²) in [7, 11) is 0. The van der Waals surface area contributed by atoms with Crippen LogP contribution in [0.1, 0.15) is 17.5 Å². The molecule has 0 aromatic heterocycles. The van der Waals surface area contributed by atoms with Crippen LogP contribution in [-0.4, -0.2) is 13.0 Å². The number of ether oxygens (including phenoxy) is 2. The second-order valence-electron chi connectivity index (χ2n) is 5.26. The van der Waals surface area contributed by atoms with Gasteiger partial charge in [0.25, 0.3) is 0 Å². The van der Waals surface area contributed by atoms with Crippen molar-refractivity contribution in [2.45, 2.75) is 18.3 Å². The Morgan fingerprint density at radius 3 is 2.57 bits per heavy atom. The van der Waals surface area contributed by atoms with E-state index in [4.69, 9.17) is 10.5 Å². The maximum Gasteiger partial charge on any atom is 0.573 e. The van der Waals surface area contributed by atoms with E-state index >= 15 is 0 Å². The lowest BCUT2D eigenvalue weighted by Crippen LogP contribution is -2.42. The number of hydrogen-bond donors (Lipinski definition) is 1. The molecule has 122 valence electrons. The molecule has 0 saturated carbocycles. The van der Waals surface area contributed by atoms with Gasteiger partial charge in [0.2, 0.25) is 0 Å². The Labute approximate surface area is 129 Å². The SMILES string of the molecule is NC1(c2ccc(OC(F)(F)F)c(F)c2)CCOc2ccccc21. The molecule has 1 atom stereocenters. The van der Waals surface area contributed by atoms with E-state index in [1.54, 1.807) is 24.3 Å². The highest BCUT2D eigenvalue weighted by Crippen LogP contribution is 2.40. The van der Waals surface area contributed by atoms with Gasteiger partial charge in [0.05, 0.1) is 12.1 Å². The summed E-state index contributed by atoms with van der Waals surface area (Å²) in [6.45, 7) is 0.329. The summed E-state index contributed by atoms with van der Waals surface area (Å²) in [5.41, 5.74) is 6.42. The minimum absolute atomic E-state index is 0.329. The fraction of sp³-hybridized carbons (Fsp3) is 0.250. The summed E-state index contributed by atoms with van der Waals surface area (Å²) < 4.78 is 59.8. The van der Waals surface area contributed by atoms with Gasteiger partial charge in [-0.15, -0.1) is 13.2 Å². The highest BCUT2D eigenvalue weighted by Gasteiger charge is 2.37. The van der Waals surface area contributed by atoms with Gasteiger partial charge >= 0.3 is 6.36 Å². The molecule has 1 aliphatic rings. The first-order valence-electron chi connectivity index (χ1n) is 6.86. The van der Waals surface area contributed by atoms with Crippen molar-refractivity contribution in [1.82, 2.24) is 0 Å². The van der Waals surface area contributed by atoms with Crippen LogP contribution in [0.25, 0.3) is 0 Å². The van der Waals surface area contributed by atoms with E-state index in [-0.39, 0.29) is 0 Å². The molecule has 0 radical (unpaired) electrons. The highest BCUT2D eigenvalue weighted by atomic mass is 19.4. The monoisotopic (exact) mass is 327 g/mol. The Kier molecular flexibility index (Phi) is 3.68. The van der Waals surface area contributed by atoms with E-state index < -0.39 is 23.5 Å². The molecular formula is C16H13F4NO2.